The number of hydrogen-bond acceptors (Lipinski definition) is 6. The molecular formula is C17H17N3O4S2. The molecule has 3 rings (SSSR count). The number of thioether (sulfide) groups is 1. The smallest absolute Gasteiger partial charge is 0.283 e. The Balaban J connectivity index is 1.72. The number of amides is 2. The maximum atomic E-state index is 12.6. The number of carbonyl (C=O) groups excluding carboxylic acids is 2. The first-order valence-electron chi connectivity index (χ1n) is 7.95. The minimum absolute atomic E-state index is 0.00493. The summed E-state index contributed by atoms with van der Waals surface area (Å²) in [6, 6.07) is 6.10. The lowest BCUT2D eigenvalue weighted by molar-refractivity contribution is -0.387. The summed E-state index contributed by atoms with van der Waals surface area (Å²) in [5.41, 5.74) is 6.20. The van der Waals surface area contributed by atoms with Gasteiger partial charge in [-0.3, -0.25) is 19.7 Å². The van der Waals surface area contributed by atoms with E-state index in [2.05, 4.69) is 0 Å². The van der Waals surface area contributed by atoms with Gasteiger partial charge in [-0.1, -0.05) is 0 Å². The second-order valence-electron chi connectivity index (χ2n) is 5.90. The average molecular weight is 391 g/mol. The molecule has 1 unspecified atom stereocenters. The van der Waals surface area contributed by atoms with Crippen molar-refractivity contribution in [3.63, 3.8) is 0 Å². The first-order chi connectivity index (χ1) is 12.4. The number of carbonyl (C=O) groups is 2. The van der Waals surface area contributed by atoms with E-state index < -0.39 is 10.8 Å². The van der Waals surface area contributed by atoms with Crippen LogP contribution >= 0.6 is 23.1 Å². The Morgan fingerprint density at radius 2 is 2.19 bits per heavy atom. The van der Waals surface area contributed by atoms with Crippen LogP contribution in [0.4, 0.5) is 5.69 Å². The van der Waals surface area contributed by atoms with Crippen molar-refractivity contribution in [3.8, 4) is 0 Å². The van der Waals surface area contributed by atoms with Crippen LogP contribution in [0.1, 0.15) is 33.8 Å². The van der Waals surface area contributed by atoms with Gasteiger partial charge in [-0.15, -0.1) is 23.1 Å². The van der Waals surface area contributed by atoms with E-state index in [1.807, 2.05) is 23.3 Å². The maximum Gasteiger partial charge on any atom is 0.283 e. The molecule has 0 radical (unpaired) electrons. The number of fused-ring (bicyclic) bond motifs is 1. The summed E-state index contributed by atoms with van der Waals surface area (Å²) in [5, 5.41) is 13.3. The van der Waals surface area contributed by atoms with Crippen molar-refractivity contribution in [2.45, 2.75) is 24.3 Å². The molecule has 0 aliphatic carbocycles. The molecule has 0 saturated heterocycles. The number of rotatable bonds is 5. The van der Waals surface area contributed by atoms with E-state index in [9.17, 15) is 19.7 Å². The monoisotopic (exact) mass is 391 g/mol. The molecule has 9 heteroatoms. The fraction of sp³-hybridized carbons (Fsp3) is 0.294. The number of nitro groups is 1. The van der Waals surface area contributed by atoms with E-state index in [1.165, 1.54) is 22.6 Å². The molecule has 1 aromatic heterocycles. The molecule has 0 spiro atoms. The Labute approximate surface area is 158 Å². The van der Waals surface area contributed by atoms with Gasteiger partial charge >= 0.3 is 0 Å². The summed E-state index contributed by atoms with van der Waals surface area (Å²) in [4.78, 5) is 38.0. The van der Waals surface area contributed by atoms with Crippen LogP contribution in [0, 0.1) is 10.1 Å². The van der Waals surface area contributed by atoms with Gasteiger partial charge in [0.15, 0.2) is 0 Å². The number of thiophene rings is 1. The third-order valence-electron chi connectivity index (χ3n) is 4.39. The summed E-state index contributed by atoms with van der Waals surface area (Å²) in [7, 11) is 0. The molecular weight excluding hydrogens is 374 g/mol. The van der Waals surface area contributed by atoms with Crippen molar-refractivity contribution in [1.29, 1.82) is 0 Å². The van der Waals surface area contributed by atoms with Crippen LogP contribution < -0.4 is 5.73 Å². The molecule has 0 saturated carbocycles. The third-order valence-corrected chi connectivity index (χ3v) is 6.43. The number of nitrogens with zero attached hydrogens (tertiary/aromatic N) is 2. The van der Waals surface area contributed by atoms with E-state index in [1.54, 1.807) is 11.3 Å². The van der Waals surface area contributed by atoms with Gasteiger partial charge in [-0.2, -0.15) is 0 Å². The minimum atomic E-state index is -0.727. The molecule has 0 fully saturated rings. The standard InChI is InChI=1S/C17H17N3O4S2/c1-10-12-5-7-25-14(12)4-6-19(10)16(21)9-26-15-3-2-11(17(18)22)8-13(15)20(23)24/h2-3,5,7-8,10H,4,6,9H2,1H3,(H2,18,22). The van der Waals surface area contributed by atoms with Crippen LogP contribution in [0.15, 0.2) is 34.5 Å². The van der Waals surface area contributed by atoms with E-state index in [0.29, 0.717) is 11.4 Å². The minimum Gasteiger partial charge on any atom is -0.366 e. The highest BCUT2D eigenvalue weighted by Gasteiger charge is 2.28. The average Bonchev–Trinajstić information content (AvgIpc) is 3.09. The highest BCUT2D eigenvalue weighted by molar-refractivity contribution is 8.00. The topological polar surface area (TPSA) is 107 Å². The van der Waals surface area contributed by atoms with Crippen molar-refractivity contribution in [2.75, 3.05) is 12.3 Å². The molecule has 2 heterocycles. The lowest BCUT2D eigenvalue weighted by Gasteiger charge is -2.33. The molecule has 2 aromatic rings. The summed E-state index contributed by atoms with van der Waals surface area (Å²) < 4.78 is 0. The largest absolute Gasteiger partial charge is 0.366 e. The zero-order valence-electron chi connectivity index (χ0n) is 14.0. The zero-order valence-corrected chi connectivity index (χ0v) is 15.6. The molecule has 1 atom stereocenters. The molecule has 0 bridgehead atoms. The van der Waals surface area contributed by atoms with Gasteiger partial charge in [0.05, 0.1) is 21.6 Å². The van der Waals surface area contributed by atoms with Crippen molar-refractivity contribution in [2.24, 2.45) is 5.73 Å². The number of benzene rings is 1. The van der Waals surface area contributed by atoms with Crippen molar-refractivity contribution >= 4 is 40.6 Å². The number of nitro benzene ring substituents is 1. The van der Waals surface area contributed by atoms with Crippen LogP contribution in [0.3, 0.4) is 0 Å². The SMILES string of the molecule is CC1c2ccsc2CCN1C(=O)CSc1ccc(C(N)=O)cc1[N+](=O)[O-]. The fourth-order valence-electron chi connectivity index (χ4n) is 3.01. The lowest BCUT2D eigenvalue weighted by Crippen LogP contribution is -2.39. The normalized spacial score (nSPS) is 16.2. The fourth-order valence-corrected chi connectivity index (χ4v) is 4.86. The summed E-state index contributed by atoms with van der Waals surface area (Å²) in [6.07, 6.45) is 0.835. The van der Waals surface area contributed by atoms with Crippen LogP contribution in [-0.4, -0.2) is 33.9 Å². The Hall–Kier alpha value is -2.39. The van der Waals surface area contributed by atoms with E-state index in [0.717, 1.165) is 24.2 Å². The van der Waals surface area contributed by atoms with Crippen LogP contribution in [0.25, 0.3) is 0 Å². The van der Waals surface area contributed by atoms with Gasteiger partial charge in [-0.25, -0.2) is 0 Å². The van der Waals surface area contributed by atoms with Gasteiger partial charge < -0.3 is 10.6 Å². The van der Waals surface area contributed by atoms with E-state index in [-0.39, 0.29) is 29.0 Å². The first-order valence-corrected chi connectivity index (χ1v) is 9.81. The quantitative estimate of drug-likeness (QED) is 0.479. The van der Waals surface area contributed by atoms with Gasteiger partial charge in [-0.05, 0) is 42.5 Å². The molecule has 2 amide bonds. The van der Waals surface area contributed by atoms with Crippen molar-refractivity contribution in [1.82, 2.24) is 4.90 Å². The van der Waals surface area contributed by atoms with Crippen molar-refractivity contribution < 1.29 is 14.5 Å². The molecule has 136 valence electrons. The van der Waals surface area contributed by atoms with Crippen molar-refractivity contribution in [3.05, 3.63) is 55.8 Å². The zero-order chi connectivity index (χ0) is 18.8. The maximum absolute atomic E-state index is 12.6. The number of primary amides is 1. The number of nitrogens with two attached hydrogens (primary N) is 1. The van der Waals surface area contributed by atoms with Gasteiger partial charge in [0.1, 0.15) is 0 Å². The Morgan fingerprint density at radius 3 is 2.88 bits per heavy atom. The predicted molar refractivity (Wildman–Crippen MR) is 100 cm³/mol. The van der Waals surface area contributed by atoms with Crippen LogP contribution in [0.2, 0.25) is 0 Å². The molecule has 1 aromatic carbocycles. The molecule has 7 nitrogen and oxygen atoms in total. The second kappa shape index (κ2) is 7.46. The summed E-state index contributed by atoms with van der Waals surface area (Å²) in [5.74, 6) is -0.692. The highest BCUT2D eigenvalue weighted by Crippen LogP contribution is 2.35. The molecule has 26 heavy (non-hydrogen) atoms. The Bertz CT molecular complexity index is 881. The van der Waals surface area contributed by atoms with Crippen LogP contribution in [0.5, 0.6) is 0 Å². The second-order valence-corrected chi connectivity index (χ2v) is 7.92. The van der Waals surface area contributed by atoms with E-state index in [4.69, 9.17) is 5.73 Å². The Morgan fingerprint density at radius 1 is 1.42 bits per heavy atom. The third kappa shape index (κ3) is 3.58. The van der Waals surface area contributed by atoms with Gasteiger partial charge in [0.2, 0.25) is 11.8 Å². The van der Waals surface area contributed by atoms with E-state index >= 15 is 0 Å². The highest BCUT2D eigenvalue weighted by atomic mass is 32.2. The summed E-state index contributed by atoms with van der Waals surface area (Å²) >= 11 is 2.81. The molecule has 1 aliphatic heterocycles. The number of hydrogen-bond donors (Lipinski definition) is 1. The molecule has 2 N–H and O–H groups in total. The first kappa shape index (κ1) is 18.4. The van der Waals surface area contributed by atoms with Gasteiger partial charge in [0, 0.05) is 23.1 Å². The lowest BCUT2D eigenvalue weighted by atomic mass is 10.0. The predicted octanol–water partition coefficient (Wildman–Crippen LogP) is 2.99. The van der Waals surface area contributed by atoms with Gasteiger partial charge in [0.25, 0.3) is 5.69 Å². The molecule has 1 aliphatic rings. The van der Waals surface area contributed by atoms with Crippen LogP contribution in [-0.2, 0) is 11.2 Å². The summed E-state index contributed by atoms with van der Waals surface area (Å²) in [6.45, 7) is 2.65. The Kier molecular flexibility index (Phi) is 5.28.